The van der Waals surface area contributed by atoms with E-state index in [0.717, 1.165) is 34.6 Å². The standard InChI is InChI=1S/C25H24N8O2/c34-25(35)32-14-18-10-19(32)13-31(18)23-11-17(5-6-28-23)33-21-9-16(15-1-2-15)3-4-20(21)24(30-33)29-22-12-26-7-8-27-22/h3-9,11-12,15,18-19H,1-2,10,13-14H2,(H,34,35)(H,27,29,30)/t18-,19-/m0/s1. The number of benzene rings is 1. The van der Waals surface area contributed by atoms with Crippen molar-refractivity contribution in [3.63, 3.8) is 0 Å². The first-order valence-corrected chi connectivity index (χ1v) is 11.9. The molecule has 35 heavy (non-hydrogen) atoms. The summed E-state index contributed by atoms with van der Waals surface area (Å²) in [7, 11) is 0. The summed E-state index contributed by atoms with van der Waals surface area (Å²) in [5.41, 5.74) is 3.28. The van der Waals surface area contributed by atoms with Crippen molar-refractivity contribution < 1.29 is 9.90 Å². The Kier molecular flexibility index (Phi) is 4.42. The molecule has 1 aromatic carbocycles. The van der Waals surface area contributed by atoms with Crippen molar-refractivity contribution in [2.75, 3.05) is 23.3 Å². The molecule has 7 rings (SSSR count). The van der Waals surface area contributed by atoms with E-state index in [2.05, 4.69) is 43.4 Å². The number of hydrogen-bond acceptors (Lipinski definition) is 7. The number of pyridine rings is 1. The van der Waals surface area contributed by atoms with Crippen molar-refractivity contribution in [2.24, 2.45) is 0 Å². The molecule has 10 nitrogen and oxygen atoms in total. The first kappa shape index (κ1) is 20.2. The fourth-order valence-corrected chi connectivity index (χ4v) is 5.45. The second-order valence-electron chi connectivity index (χ2n) is 9.53. The van der Waals surface area contributed by atoms with Gasteiger partial charge in [-0.05, 0) is 48.9 Å². The molecular weight excluding hydrogens is 444 g/mol. The molecule has 3 aliphatic rings. The second kappa shape index (κ2) is 7.66. The average molecular weight is 469 g/mol. The molecule has 4 aromatic rings. The lowest BCUT2D eigenvalue weighted by atomic mass is 10.1. The van der Waals surface area contributed by atoms with E-state index in [1.807, 2.05) is 16.8 Å². The third-order valence-electron chi connectivity index (χ3n) is 7.32. The minimum atomic E-state index is -0.837. The average Bonchev–Trinajstić information content (AvgIpc) is 3.39. The Morgan fingerprint density at radius 3 is 2.69 bits per heavy atom. The Balaban J connectivity index is 1.27. The number of aromatic nitrogens is 5. The number of fused-ring (bicyclic) bond motifs is 3. The van der Waals surface area contributed by atoms with Gasteiger partial charge in [0.25, 0.3) is 0 Å². The number of carboxylic acid groups (broad SMARTS) is 1. The van der Waals surface area contributed by atoms with E-state index in [4.69, 9.17) is 5.10 Å². The molecule has 10 heteroatoms. The fourth-order valence-electron chi connectivity index (χ4n) is 5.45. The number of carbonyl (C=O) groups is 1. The molecule has 3 fully saturated rings. The largest absolute Gasteiger partial charge is 0.465 e. The smallest absolute Gasteiger partial charge is 0.407 e. The van der Waals surface area contributed by atoms with E-state index in [1.165, 1.54) is 18.4 Å². The molecule has 3 aromatic heterocycles. The van der Waals surface area contributed by atoms with Crippen molar-refractivity contribution in [3.8, 4) is 5.69 Å². The van der Waals surface area contributed by atoms with Gasteiger partial charge in [0.05, 0.1) is 29.5 Å². The van der Waals surface area contributed by atoms with Crippen LogP contribution in [0.5, 0.6) is 0 Å². The summed E-state index contributed by atoms with van der Waals surface area (Å²) in [6, 6.07) is 10.8. The Hall–Kier alpha value is -4.21. The molecule has 0 radical (unpaired) electrons. The Morgan fingerprint density at radius 1 is 1.03 bits per heavy atom. The zero-order valence-corrected chi connectivity index (χ0v) is 18.9. The van der Waals surface area contributed by atoms with Crippen LogP contribution in [0.4, 0.5) is 22.2 Å². The molecule has 176 valence electrons. The van der Waals surface area contributed by atoms with Gasteiger partial charge in [-0.2, -0.15) is 0 Å². The number of rotatable bonds is 5. The highest BCUT2D eigenvalue weighted by molar-refractivity contribution is 5.93. The van der Waals surface area contributed by atoms with Gasteiger partial charge in [-0.15, -0.1) is 5.10 Å². The minimum Gasteiger partial charge on any atom is -0.465 e. The van der Waals surface area contributed by atoms with E-state index < -0.39 is 6.09 Å². The predicted octanol–water partition coefficient (Wildman–Crippen LogP) is 3.77. The highest BCUT2D eigenvalue weighted by atomic mass is 16.4. The lowest BCUT2D eigenvalue weighted by molar-refractivity contribution is 0.137. The maximum Gasteiger partial charge on any atom is 0.407 e. The number of amides is 1. The SMILES string of the molecule is O=C(O)N1C[C@@H]2C[C@H]1CN2c1cc(-n2nc(Nc3cnccn3)c3ccc(C4CC4)cc32)ccn1. The van der Waals surface area contributed by atoms with Gasteiger partial charge in [0.2, 0.25) is 0 Å². The van der Waals surface area contributed by atoms with Crippen molar-refractivity contribution in [1.29, 1.82) is 0 Å². The Bertz CT molecular complexity index is 1430. The van der Waals surface area contributed by atoms with Gasteiger partial charge in [0.15, 0.2) is 5.82 Å². The van der Waals surface area contributed by atoms with Crippen LogP contribution in [0.15, 0.2) is 55.1 Å². The zero-order chi connectivity index (χ0) is 23.5. The van der Waals surface area contributed by atoms with Crippen molar-refractivity contribution in [1.82, 2.24) is 29.6 Å². The van der Waals surface area contributed by atoms with Crippen LogP contribution in [0.3, 0.4) is 0 Å². The quantitative estimate of drug-likeness (QED) is 0.455. The van der Waals surface area contributed by atoms with E-state index >= 15 is 0 Å². The molecule has 2 atom stereocenters. The molecule has 2 aliphatic heterocycles. The molecule has 1 aliphatic carbocycles. The van der Waals surface area contributed by atoms with E-state index in [0.29, 0.717) is 24.8 Å². The molecule has 2 saturated heterocycles. The van der Waals surface area contributed by atoms with E-state index in [-0.39, 0.29) is 12.1 Å². The van der Waals surface area contributed by atoms with Crippen molar-refractivity contribution >= 4 is 34.4 Å². The highest BCUT2D eigenvalue weighted by Crippen LogP contribution is 2.42. The van der Waals surface area contributed by atoms with Crippen LogP contribution < -0.4 is 10.2 Å². The minimum absolute atomic E-state index is 0.0253. The summed E-state index contributed by atoms with van der Waals surface area (Å²) >= 11 is 0. The number of nitrogens with zero attached hydrogens (tertiary/aromatic N) is 7. The van der Waals surface area contributed by atoms with Crippen LogP contribution in [0.25, 0.3) is 16.6 Å². The van der Waals surface area contributed by atoms with E-state index in [9.17, 15) is 9.90 Å². The topological polar surface area (TPSA) is 112 Å². The molecule has 2 bridgehead atoms. The molecule has 2 N–H and O–H groups in total. The van der Waals surface area contributed by atoms with Gasteiger partial charge in [-0.25, -0.2) is 19.4 Å². The monoisotopic (exact) mass is 468 g/mol. The van der Waals surface area contributed by atoms with Crippen LogP contribution in [0.1, 0.15) is 30.7 Å². The zero-order valence-electron chi connectivity index (χ0n) is 18.9. The van der Waals surface area contributed by atoms with Crippen LogP contribution in [-0.2, 0) is 0 Å². The first-order valence-electron chi connectivity index (χ1n) is 11.9. The van der Waals surface area contributed by atoms with E-state index in [1.54, 1.807) is 29.7 Å². The molecule has 0 unspecified atom stereocenters. The predicted molar refractivity (Wildman–Crippen MR) is 130 cm³/mol. The number of hydrogen-bond donors (Lipinski definition) is 2. The number of nitrogens with one attached hydrogen (secondary N) is 1. The first-order chi connectivity index (χ1) is 17.1. The maximum atomic E-state index is 11.5. The van der Waals surface area contributed by atoms with Crippen LogP contribution in [-0.4, -0.2) is 66.0 Å². The number of anilines is 3. The lowest BCUT2D eigenvalue weighted by Gasteiger charge is -2.33. The normalized spacial score (nSPS) is 21.1. The Labute approximate surface area is 201 Å². The fraction of sp³-hybridized carbons (Fsp3) is 0.320. The summed E-state index contributed by atoms with van der Waals surface area (Å²) in [4.78, 5) is 28.4. The molecule has 0 spiro atoms. The summed E-state index contributed by atoms with van der Waals surface area (Å²) in [6.45, 7) is 1.19. The van der Waals surface area contributed by atoms with Gasteiger partial charge >= 0.3 is 6.09 Å². The van der Waals surface area contributed by atoms with Gasteiger partial charge in [-0.3, -0.25) is 4.98 Å². The summed E-state index contributed by atoms with van der Waals surface area (Å²) < 4.78 is 1.96. The van der Waals surface area contributed by atoms with Crippen LogP contribution in [0.2, 0.25) is 0 Å². The van der Waals surface area contributed by atoms with Crippen LogP contribution >= 0.6 is 0 Å². The third kappa shape index (κ3) is 3.44. The van der Waals surface area contributed by atoms with Crippen molar-refractivity contribution in [2.45, 2.75) is 37.3 Å². The number of likely N-dealkylation sites (tertiary alicyclic amines) is 1. The van der Waals surface area contributed by atoms with Gasteiger partial charge in [-0.1, -0.05) is 6.07 Å². The van der Waals surface area contributed by atoms with Gasteiger partial charge < -0.3 is 20.2 Å². The second-order valence-corrected chi connectivity index (χ2v) is 9.53. The molecule has 1 amide bonds. The molecular formula is C25H24N8O2. The lowest BCUT2D eigenvalue weighted by Crippen LogP contribution is -2.48. The highest BCUT2D eigenvalue weighted by Gasteiger charge is 2.45. The maximum absolute atomic E-state index is 11.5. The third-order valence-corrected chi connectivity index (χ3v) is 7.32. The summed E-state index contributed by atoms with van der Waals surface area (Å²) in [6.07, 6.45) is 9.25. The Morgan fingerprint density at radius 2 is 1.94 bits per heavy atom. The van der Waals surface area contributed by atoms with Gasteiger partial charge in [0, 0.05) is 43.1 Å². The van der Waals surface area contributed by atoms with Gasteiger partial charge in [0.1, 0.15) is 11.6 Å². The number of piperazine rings is 1. The summed E-state index contributed by atoms with van der Waals surface area (Å²) in [5, 5.41) is 18.7. The molecule has 1 saturated carbocycles. The van der Waals surface area contributed by atoms with Crippen LogP contribution in [0, 0.1) is 0 Å². The van der Waals surface area contributed by atoms with Crippen molar-refractivity contribution in [3.05, 3.63) is 60.7 Å². The molecule has 5 heterocycles. The summed E-state index contributed by atoms with van der Waals surface area (Å²) in [5.74, 6) is 2.84.